The minimum absolute atomic E-state index is 0.0103. The van der Waals surface area contributed by atoms with Crippen molar-refractivity contribution in [3.63, 3.8) is 0 Å². The minimum Gasteiger partial charge on any atom is -0.504 e. The third-order valence-electron chi connectivity index (χ3n) is 11.1. The zero-order valence-electron chi connectivity index (χ0n) is 32.5. The number of ketones is 2. The molecule has 0 spiro atoms. The number of anilines is 1. The van der Waals surface area contributed by atoms with Crippen LogP contribution < -0.4 is 15.8 Å². The molecule has 4 N–H and O–H groups in total. The lowest BCUT2D eigenvalue weighted by molar-refractivity contribution is -0.124. The van der Waals surface area contributed by atoms with Gasteiger partial charge in [0.1, 0.15) is 11.6 Å². The summed E-state index contributed by atoms with van der Waals surface area (Å²) in [6, 6.07) is 24.7. The number of carbonyl (C=O) groups is 2. The van der Waals surface area contributed by atoms with Crippen LogP contribution in [0.5, 0.6) is 11.5 Å². The third kappa shape index (κ3) is 12.1. The molecule has 1 aliphatic rings. The van der Waals surface area contributed by atoms with Crippen LogP contribution in [0.15, 0.2) is 85.1 Å². The van der Waals surface area contributed by atoms with Crippen LogP contribution in [0.2, 0.25) is 0 Å². The van der Waals surface area contributed by atoms with E-state index in [9.17, 15) is 14.7 Å². The molecule has 286 valence electrons. The van der Waals surface area contributed by atoms with Gasteiger partial charge in [-0.2, -0.15) is 0 Å². The van der Waals surface area contributed by atoms with E-state index in [1.54, 1.807) is 24.4 Å². The number of nitrogen functional groups attached to an aromatic ring is 1. The lowest BCUT2D eigenvalue weighted by Crippen LogP contribution is -2.25. The van der Waals surface area contributed by atoms with Crippen molar-refractivity contribution in [2.24, 2.45) is 11.3 Å². The molecule has 4 aromatic rings. The molecule has 5 rings (SSSR count). The van der Waals surface area contributed by atoms with Gasteiger partial charge >= 0.3 is 0 Å². The Hall–Kier alpha value is -4.75. The summed E-state index contributed by atoms with van der Waals surface area (Å²) in [6.07, 6.45) is 17.5. The number of ether oxygens (including phenoxy) is 1. The first-order valence-electron chi connectivity index (χ1n) is 19.8. The van der Waals surface area contributed by atoms with Crippen LogP contribution in [0.4, 0.5) is 5.82 Å². The van der Waals surface area contributed by atoms with E-state index in [0.29, 0.717) is 35.7 Å². The Labute approximate surface area is 322 Å². The quantitative estimate of drug-likeness (QED) is 0.0579. The molecule has 7 heteroatoms. The Morgan fingerprint density at radius 1 is 0.926 bits per heavy atom. The number of nitrogens with two attached hydrogens (primary N) is 1. The van der Waals surface area contributed by atoms with Gasteiger partial charge in [-0.1, -0.05) is 80.4 Å². The largest absolute Gasteiger partial charge is 0.504 e. The highest BCUT2D eigenvalue weighted by molar-refractivity contribution is 6.06. The van der Waals surface area contributed by atoms with Gasteiger partial charge in [0, 0.05) is 12.6 Å². The van der Waals surface area contributed by atoms with Crippen molar-refractivity contribution >= 4 is 23.5 Å². The van der Waals surface area contributed by atoms with Gasteiger partial charge < -0.3 is 20.9 Å². The average molecular weight is 730 g/mol. The van der Waals surface area contributed by atoms with Crippen LogP contribution in [0, 0.1) is 11.3 Å². The number of aromatic nitrogens is 1. The Kier molecular flexibility index (Phi) is 15.0. The molecule has 7 nitrogen and oxygen atoms in total. The van der Waals surface area contributed by atoms with E-state index < -0.39 is 0 Å². The van der Waals surface area contributed by atoms with Crippen molar-refractivity contribution in [1.29, 1.82) is 0 Å². The molecular weight excluding hydrogens is 671 g/mol. The fourth-order valence-corrected chi connectivity index (χ4v) is 8.42. The number of nitrogens with zero attached hydrogens (tertiary/aromatic N) is 1. The van der Waals surface area contributed by atoms with Gasteiger partial charge in [-0.3, -0.25) is 9.59 Å². The first kappa shape index (κ1) is 40.4. The van der Waals surface area contributed by atoms with E-state index in [1.807, 2.05) is 19.2 Å². The number of hydrogen-bond donors (Lipinski definition) is 3. The van der Waals surface area contributed by atoms with Gasteiger partial charge in [0.25, 0.3) is 0 Å². The molecule has 0 amide bonds. The second-order valence-corrected chi connectivity index (χ2v) is 15.5. The monoisotopic (exact) mass is 729 g/mol. The van der Waals surface area contributed by atoms with Crippen LogP contribution in [0.25, 0.3) is 6.08 Å². The highest BCUT2D eigenvalue weighted by atomic mass is 16.5. The standard InChI is InChI=1S/C47H59N3O4/c1-34(32-49-2)31-47(22-7-8-23-47)24-10-15-42(51)30-43(52)21-20-38-28-45(54-3)44(53)27-40(38)26-41-33-50-46(48)29-39(41)19-18-37-14-9-13-36(25-37)17-16-35-11-5-4-6-12-35/h4-6,9,11-14,20-21,25,27-29,33-34,49,53H,7-8,10,15-19,22-24,26,30-32H2,1-3H3,(H2,48,50)/b21-20+/t34-/m1/s1. The van der Waals surface area contributed by atoms with Crippen LogP contribution in [-0.2, 0) is 41.7 Å². The van der Waals surface area contributed by atoms with Gasteiger partial charge in [-0.25, -0.2) is 4.98 Å². The number of allylic oxidation sites excluding steroid dienone is 1. The summed E-state index contributed by atoms with van der Waals surface area (Å²) in [7, 11) is 3.51. The number of aromatic hydroxyl groups is 1. The molecule has 1 heterocycles. The summed E-state index contributed by atoms with van der Waals surface area (Å²) < 4.78 is 5.42. The lowest BCUT2D eigenvalue weighted by Gasteiger charge is -2.32. The Bertz CT molecular complexity index is 1860. The molecule has 0 radical (unpaired) electrons. The molecular formula is C47H59N3O4. The second kappa shape index (κ2) is 20.1. The third-order valence-corrected chi connectivity index (χ3v) is 11.1. The maximum absolute atomic E-state index is 13.0. The molecule has 1 fully saturated rings. The Morgan fingerprint density at radius 3 is 2.35 bits per heavy atom. The maximum Gasteiger partial charge on any atom is 0.163 e. The number of hydrogen-bond acceptors (Lipinski definition) is 7. The van der Waals surface area contributed by atoms with E-state index in [1.165, 1.54) is 62.0 Å². The first-order chi connectivity index (χ1) is 26.1. The zero-order chi connectivity index (χ0) is 38.3. The predicted molar refractivity (Wildman–Crippen MR) is 220 cm³/mol. The van der Waals surface area contributed by atoms with Crippen LogP contribution in [0.1, 0.15) is 104 Å². The van der Waals surface area contributed by atoms with Gasteiger partial charge in [0.05, 0.1) is 13.5 Å². The zero-order valence-corrected chi connectivity index (χ0v) is 32.5. The van der Waals surface area contributed by atoms with Crippen molar-refractivity contribution in [2.75, 3.05) is 26.4 Å². The average Bonchev–Trinajstić information content (AvgIpc) is 3.62. The number of Topliss-reactive ketones (excluding diaryl/α,β-unsaturated/α-hetero) is 1. The van der Waals surface area contributed by atoms with Crippen molar-refractivity contribution in [3.8, 4) is 11.5 Å². The Morgan fingerprint density at radius 2 is 1.63 bits per heavy atom. The Balaban J connectivity index is 1.22. The van der Waals surface area contributed by atoms with Gasteiger partial charge in [0.15, 0.2) is 17.3 Å². The molecule has 0 bridgehead atoms. The fraction of sp³-hybridized carbons (Fsp3) is 0.426. The number of nitrogens with one attached hydrogen (secondary N) is 1. The number of methoxy groups -OCH3 is 1. The molecule has 0 unspecified atom stereocenters. The molecule has 1 atom stereocenters. The van der Waals surface area contributed by atoms with Crippen LogP contribution >= 0.6 is 0 Å². The number of pyridine rings is 1. The number of phenolic OH excluding ortho intramolecular Hbond substituents is 1. The summed E-state index contributed by atoms with van der Waals surface area (Å²) >= 11 is 0. The van der Waals surface area contributed by atoms with Crippen LogP contribution in [-0.4, -0.2) is 42.4 Å². The van der Waals surface area contributed by atoms with E-state index >= 15 is 0 Å². The van der Waals surface area contributed by atoms with Crippen molar-refractivity contribution in [1.82, 2.24) is 10.3 Å². The summed E-state index contributed by atoms with van der Waals surface area (Å²) in [6.45, 7) is 3.32. The van der Waals surface area contributed by atoms with Gasteiger partial charge in [-0.05, 0) is 152 Å². The van der Waals surface area contributed by atoms with Crippen molar-refractivity contribution in [3.05, 3.63) is 124 Å². The molecule has 54 heavy (non-hydrogen) atoms. The summed E-state index contributed by atoms with van der Waals surface area (Å²) in [5.41, 5.74) is 14.0. The summed E-state index contributed by atoms with van der Waals surface area (Å²) in [4.78, 5) is 30.4. The van der Waals surface area contributed by atoms with Crippen molar-refractivity contribution < 1.29 is 19.4 Å². The smallest absolute Gasteiger partial charge is 0.163 e. The summed E-state index contributed by atoms with van der Waals surface area (Å²) in [5, 5.41) is 14.1. The number of rotatable bonds is 21. The predicted octanol–water partition coefficient (Wildman–Crippen LogP) is 9.06. The summed E-state index contributed by atoms with van der Waals surface area (Å²) in [5.74, 6) is 1.17. The molecule has 0 aliphatic heterocycles. The number of benzene rings is 3. The molecule has 1 aromatic heterocycles. The maximum atomic E-state index is 13.0. The number of carbonyl (C=O) groups excluding carboxylic acids is 2. The SMILES string of the molecule is CNC[C@H](C)CC1(CCCC(=O)CC(=O)/C=C/c2cc(OC)c(O)cc2Cc2cnc(N)cc2CCc2cccc(CCc3ccccc3)c2)CCCC1. The van der Waals surface area contributed by atoms with E-state index in [4.69, 9.17) is 10.5 Å². The van der Waals surface area contributed by atoms with E-state index in [-0.39, 0.29) is 23.7 Å². The molecule has 1 saturated carbocycles. The molecule has 1 aliphatic carbocycles. The number of aryl methyl sites for hydroxylation is 4. The lowest BCUT2D eigenvalue weighted by atomic mass is 9.74. The highest BCUT2D eigenvalue weighted by Gasteiger charge is 2.34. The fourth-order valence-electron chi connectivity index (χ4n) is 8.42. The second-order valence-electron chi connectivity index (χ2n) is 15.5. The number of phenols is 1. The molecule has 0 saturated heterocycles. The van der Waals surface area contributed by atoms with Crippen LogP contribution in [0.3, 0.4) is 0 Å². The topological polar surface area (TPSA) is 115 Å². The van der Waals surface area contributed by atoms with E-state index in [2.05, 4.69) is 65.8 Å². The minimum atomic E-state index is -0.225. The normalized spacial score (nSPS) is 14.4. The van der Waals surface area contributed by atoms with Gasteiger partial charge in [0.2, 0.25) is 0 Å². The van der Waals surface area contributed by atoms with E-state index in [0.717, 1.165) is 67.3 Å². The highest BCUT2D eigenvalue weighted by Crippen LogP contribution is 2.47. The first-order valence-corrected chi connectivity index (χ1v) is 19.8. The molecule has 3 aromatic carbocycles. The van der Waals surface area contributed by atoms with Crippen molar-refractivity contribution in [2.45, 2.75) is 96.8 Å². The van der Waals surface area contributed by atoms with Gasteiger partial charge in [-0.15, -0.1) is 0 Å².